The van der Waals surface area contributed by atoms with Crippen molar-refractivity contribution in [3.63, 3.8) is 0 Å². The second-order valence-corrected chi connectivity index (χ2v) is 4.15. The SMILES string of the molecule is CCc1cc(-c2cnc(CNC)[nH]2)ccc1OC. The summed E-state index contributed by atoms with van der Waals surface area (Å²) in [6, 6.07) is 6.21. The van der Waals surface area contributed by atoms with Gasteiger partial charge in [0.25, 0.3) is 0 Å². The van der Waals surface area contributed by atoms with Gasteiger partial charge in [-0.1, -0.05) is 6.92 Å². The molecule has 0 saturated carbocycles. The van der Waals surface area contributed by atoms with Crippen LogP contribution in [0.2, 0.25) is 0 Å². The minimum atomic E-state index is 0.747. The zero-order chi connectivity index (χ0) is 13.0. The molecule has 0 fully saturated rings. The lowest BCUT2D eigenvalue weighted by molar-refractivity contribution is 0.410. The van der Waals surface area contributed by atoms with E-state index in [1.807, 2.05) is 19.3 Å². The third-order valence-corrected chi connectivity index (χ3v) is 2.94. The summed E-state index contributed by atoms with van der Waals surface area (Å²) in [5, 5.41) is 3.08. The molecule has 0 spiro atoms. The van der Waals surface area contributed by atoms with Gasteiger partial charge in [0.2, 0.25) is 0 Å². The molecule has 0 atom stereocenters. The molecule has 0 aliphatic rings. The molecule has 0 aliphatic heterocycles. The first-order valence-electron chi connectivity index (χ1n) is 6.14. The molecule has 2 aromatic rings. The fourth-order valence-electron chi connectivity index (χ4n) is 1.99. The Hall–Kier alpha value is -1.81. The lowest BCUT2D eigenvalue weighted by atomic mass is 10.1. The van der Waals surface area contributed by atoms with Crippen molar-refractivity contribution in [3.05, 3.63) is 35.8 Å². The number of imidazole rings is 1. The van der Waals surface area contributed by atoms with Gasteiger partial charge in [-0.15, -0.1) is 0 Å². The number of H-pyrrole nitrogens is 1. The summed E-state index contributed by atoms with van der Waals surface area (Å²) in [5.74, 6) is 1.89. The summed E-state index contributed by atoms with van der Waals surface area (Å²) >= 11 is 0. The number of methoxy groups -OCH3 is 1. The molecule has 0 unspecified atom stereocenters. The van der Waals surface area contributed by atoms with E-state index in [2.05, 4.69) is 34.3 Å². The fraction of sp³-hybridized carbons (Fsp3) is 0.357. The molecule has 0 radical (unpaired) electrons. The smallest absolute Gasteiger partial charge is 0.122 e. The van der Waals surface area contributed by atoms with Crippen LogP contribution in [0.4, 0.5) is 0 Å². The van der Waals surface area contributed by atoms with Gasteiger partial charge in [-0.05, 0) is 37.2 Å². The maximum Gasteiger partial charge on any atom is 0.122 e. The Kier molecular flexibility index (Phi) is 3.99. The summed E-state index contributed by atoms with van der Waals surface area (Å²) in [7, 11) is 3.61. The minimum absolute atomic E-state index is 0.747. The van der Waals surface area contributed by atoms with Gasteiger partial charge >= 0.3 is 0 Å². The Morgan fingerprint density at radius 2 is 2.22 bits per heavy atom. The highest BCUT2D eigenvalue weighted by Gasteiger charge is 2.06. The van der Waals surface area contributed by atoms with Crippen LogP contribution in [0, 0.1) is 0 Å². The largest absolute Gasteiger partial charge is 0.496 e. The Labute approximate surface area is 107 Å². The normalized spacial score (nSPS) is 10.6. The van der Waals surface area contributed by atoms with Crippen molar-refractivity contribution in [3.8, 4) is 17.0 Å². The van der Waals surface area contributed by atoms with Crippen molar-refractivity contribution in [1.82, 2.24) is 15.3 Å². The Morgan fingerprint density at radius 3 is 2.89 bits per heavy atom. The molecule has 96 valence electrons. The number of hydrogen-bond acceptors (Lipinski definition) is 3. The van der Waals surface area contributed by atoms with E-state index in [1.54, 1.807) is 7.11 Å². The van der Waals surface area contributed by atoms with E-state index >= 15 is 0 Å². The van der Waals surface area contributed by atoms with Crippen LogP contribution in [0.1, 0.15) is 18.3 Å². The molecule has 2 N–H and O–H groups in total. The predicted molar refractivity (Wildman–Crippen MR) is 72.7 cm³/mol. The monoisotopic (exact) mass is 245 g/mol. The lowest BCUT2D eigenvalue weighted by Crippen LogP contribution is -2.06. The average molecular weight is 245 g/mol. The molecular weight excluding hydrogens is 226 g/mol. The van der Waals surface area contributed by atoms with Crippen LogP contribution in [0.3, 0.4) is 0 Å². The third kappa shape index (κ3) is 2.54. The van der Waals surface area contributed by atoms with Gasteiger partial charge in [-0.2, -0.15) is 0 Å². The van der Waals surface area contributed by atoms with E-state index in [0.717, 1.165) is 35.8 Å². The number of aromatic amines is 1. The molecule has 0 bridgehead atoms. The van der Waals surface area contributed by atoms with E-state index < -0.39 is 0 Å². The summed E-state index contributed by atoms with van der Waals surface area (Å²) in [6.07, 6.45) is 2.82. The van der Waals surface area contributed by atoms with Crippen LogP contribution in [-0.2, 0) is 13.0 Å². The van der Waals surface area contributed by atoms with Crippen molar-refractivity contribution in [1.29, 1.82) is 0 Å². The van der Waals surface area contributed by atoms with Crippen molar-refractivity contribution in [2.45, 2.75) is 19.9 Å². The van der Waals surface area contributed by atoms with Crippen LogP contribution < -0.4 is 10.1 Å². The number of nitrogens with one attached hydrogen (secondary N) is 2. The summed E-state index contributed by atoms with van der Waals surface area (Å²) < 4.78 is 5.34. The van der Waals surface area contributed by atoms with Crippen molar-refractivity contribution in [2.75, 3.05) is 14.2 Å². The molecular formula is C14H19N3O. The fourth-order valence-corrected chi connectivity index (χ4v) is 1.99. The van der Waals surface area contributed by atoms with Crippen molar-refractivity contribution >= 4 is 0 Å². The Bertz CT molecular complexity index is 520. The van der Waals surface area contributed by atoms with Gasteiger partial charge in [-0.25, -0.2) is 4.98 Å². The summed E-state index contributed by atoms with van der Waals surface area (Å²) in [6.45, 7) is 2.87. The van der Waals surface area contributed by atoms with Crippen molar-refractivity contribution < 1.29 is 4.74 Å². The molecule has 0 aliphatic carbocycles. The van der Waals surface area contributed by atoms with Crippen LogP contribution in [-0.4, -0.2) is 24.1 Å². The first kappa shape index (κ1) is 12.6. The maximum absolute atomic E-state index is 5.34. The molecule has 18 heavy (non-hydrogen) atoms. The topological polar surface area (TPSA) is 49.9 Å². The second kappa shape index (κ2) is 5.69. The zero-order valence-corrected chi connectivity index (χ0v) is 11.1. The number of benzene rings is 1. The number of aromatic nitrogens is 2. The average Bonchev–Trinajstić information content (AvgIpc) is 2.87. The molecule has 2 rings (SSSR count). The van der Waals surface area contributed by atoms with Crippen LogP contribution in [0.25, 0.3) is 11.3 Å². The van der Waals surface area contributed by atoms with Crippen LogP contribution in [0.5, 0.6) is 5.75 Å². The number of hydrogen-bond donors (Lipinski definition) is 2. The lowest BCUT2D eigenvalue weighted by Gasteiger charge is -2.08. The van der Waals surface area contributed by atoms with Gasteiger partial charge in [0.1, 0.15) is 11.6 Å². The van der Waals surface area contributed by atoms with Gasteiger partial charge in [0.05, 0.1) is 25.5 Å². The first-order chi connectivity index (χ1) is 8.78. The van der Waals surface area contributed by atoms with E-state index in [-0.39, 0.29) is 0 Å². The predicted octanol–water partition coefficient (Wildman–Crippen LogP) is 2.37. The quantitative estimate of drug-likeness (QED) is 0.850. The Balaban J connectivity index is 2.31. The van der Waals surface area contributed by atoms with E-state index in [9.17, 15) is 0 Å². The van der Waals surface area contributed by atoms with Crippen LogP contribution in [0.15, 0.2) is 24.4 Å². The number of rotatable bonds is 5. The molecule has 1 aromatic carbocycles. The van der Waals surface area contributed by atoms with Gasteiger partial charge in [-0.3, -0.25) is 0 Å². The number of aryl methyl sites for hydroxylation is 1. The zero-order valence-electron chi connectivity index (χ0n) is 11.1. The minimum Gasteiger partial charge on any atom is -0.496 e. The van der Waals surface area contributed by atoms with E-state index in [1.165, 1.54) is 5.56 Å². The molecule has 4 heteroatoms. The van der Waals surface area contributed by atoms with Crippen LogP contribution >= 0.6 is 0 Å². The van der Waals surface area contributed by atoms with E-state index in [0.29, 0.717) is 0 Å². The Morgan fingerprint density at radius 1 is 1.39 bits per heavy atom. The highest BCUT2D eigenvalue weighted by Crippen LogP contribution is 2.25. The molecule has 1 heterocycles. The van der Waals surface area contributed by atoms with Gasteiger partial charge in [0.15, 0.2) is 0 Å². The molecule has 1 aromatic heterocycles. The standard InChI is InChI=1S/C14H19N3O/c1-4-10-7-11(5-6-13(10)18-3)12-8-16-14(17-12)9-15-2/h5-8,15H,4,9H2,1-3H3,(H,16,17). The number of ether oxygens (including phenoxy) is 1. The molecule has 0 amide bonds. The molecule has 4 nitrogen and oxygen atoms in total. The highest BCUT2D eigenvalue weighted by molar-refractivity contribution is 5.61. The summed E-state index contributed by atoms with van der Waals surface area (Å²) in [5.41, 5.74) is 3.39. The van der Waals surface area contributed by atoms with E-state index in [4.69, 9.17) is 4.74 Å². The first-order valence-corrected chi connectivity index (χ1v) is 6.14. The third-order valence-electron chi connectivity index (χ3n) is 2.94. The maximum atomic E-state index is 5.34. The van der Waals surface area contributed by atoms with Crippen molar-refractivity contribution in [2.24, 2.45) is 0 Å². The second-order valence-electron chi connectivity index (χ2n) is 4.15. The number of nitrogens with zero attached hydrogens (tertiary/aromatic N) is 1. The summed E-state index contributed by atoms with van der Waals surface area (Å²) in [4.78, 5) is 7.64. The van der Waals surface area contributed by atoms with Gasteiger partial charge < -0.3 is 15.0 Å². The highest BCUT2D eigenvalue weighted by atomic mass is 16.5. The molecule has 0 saturated heterocycles. The van der Waals surface area contributed by atoms with Gasteiger partial charge in [0, 0.05) is 5.56 Å².